The lowest BCUT2D eigenvalue weighted by Gasteiger charge is -2.44. The lowest BCUT2D eigenvalue weighted by Crippen LogP contribution is -2.62. The first-order chi connectivity index (χ1) is 12.5. The molecule has 1 unspecified atom stereocenters. The van der Waals surface area contributed by atoms with Gasteiger partial charge in [-0.15, -0.1) is 0 Å². The number of amides is 2. The van der Waals surface area contributed by atoms with Gasteiger partial charge in [-0.1, -0.05) is 42.5 Å². The summed E-state index contributed by atoms with van der Waals surface area (Å²) in [7, 11) is 1.70. The van der Waals surface area contributed by atoms with Crippen LogP contribution >= 0.6 is 0 Å². The van der Waals surface area contributed by atoms with E-state index < -0.39 is 6.10 Å². The fourth-order valence-corrected chi connectivity index (χ4v) is 2.94. The van der Waals surface area contributed by atoms with Crippen molar-refractivity contribution in [2.45, 2.75) is 18.6 Å². The number of carbonyl (C=O) groups excluding carboxylic acids is 2. The lowest BCUT2D eigenvalue weighted by molar-refractivity contribution is -0.151. The van der Waals surface area contributed by atoms with E-state index in [0.29, 0.717) is 18.7 Å². The summed E-state index contributed by atoms with van der Waals surface area (Å²) < 4.78 is 12.9. The summed E-state index contributed by atoms with van der Waals surface area (Å²) in [6.45, 7) is 0.794. The van der Waals surface area contributed by atoms with E-state index in [1.807, 2.05) is 6.07 Å². The van der Waals surface area contributed by atoms with Crippen molar-refractivity contribution >= 4 is 11.8 Å². The highest BCUT2D eigenvalue weighted by molar-refractivity contribution is 5.84. The summed E-state index contributed by atoms with van der Waals surface area (Å²) >= 11 is 0. The first-order valence-corrected chi connectivity index (χ1v) is 8.47. The van der Waals surface area contributed by atoms with Gasteiger partial charge >= 0.3 is 0 Å². The van der Waals surface area contributed by atoms with Gasteiger partial charge in [0, 0.05) is 20.1 Å². The number of likely N-dealkylation sites (tertiary alicyclic amines) is 1. The predicted molar refractivity (Wildman–Crippen MR) is 94.6 cm³/mol. The molecule has 0 aliphatic carbocycles. The van der Waals surface area contributed by atoms with Crippen LogP contribution in [0.4, 0.5) is 4.39 Å². The Labute approximate surface area is 151 Å². The van der Waals surface area contributed by atoms with E-state index in [1.165, 1.54) is 12.1 Å². The highest BCUT2D eigenvalue weighted by Crippen LogP contribution is 2.22. The van der Waals surface area contributed by atoms with Crippen LogP contribution in [0.2, 0.25) is 0 Å². The van der Waals surface area contributed by atoms with E-state index in [9.17, 15) is 19.1 Å². The zero-order valence-electron chi connectivity index (χ0n) is 14.5. The van der Waals surface area contributed by atoms with Crippen LogP contribution in [-0.4, -0.2) is 52.9 Å². The molecule has 2 amide bonds. The number of likely N-dealkylation sites (N-methyl/N-ethyl adjacent to an activating group) is 1. The van der Waals surface area contributed by atoms with Crippen LogP contribution in [0.1, 0.15) is 17.2 Å². The van der Waals surface area contributed by atoms with Gasteiger partial charge in [-0.2, -0.15) is 0 Å². The summed E-state index contributed by atoms with van der Waals surface area (Å²) in [4.78, 5) is 27.8. The first-order valence-electron chi connectivity index (χ1n) is 8.47. The van der Waals surface area contributed by atoms with Gasteiger partial charge in [-0.25, -0.2) is 4.39 Å². The maximum absolute atomic E-state index is 12.9. The summed E-state index contributed by atoms with van der Waals surface area (Å²) in [5.74, 6) is -0.774. The number of nitrogens with zero attached hydrogens (tertiary/aromatic N) is 2. The fraction of sp³-hybridized carbons (Fsp3) is 0.300. The number of hydrogen-bond donors (Lipinski definition) is 1. The summed E-state index contributed by atoms with van der Waals surface area (Å²) in [6, 6.07) is 14.5. The molecule has 136 valence electrons. The van der Waals surface area contributed by atoms with Crippen LogP contribution < -0.4 is 0 Å². The normalized spacial score (nSPS) is 15.3. The maximum Gasteiger partial charge on any atom is 0.256 e. The second-order valence-corrected chi connectivity index (χ2v) is 6.52. The zero-order chi connectivity index (χ0) is 18.7. The van der Waals surface area contributed by atoms with Crippen molar-refractivity contribution in [3.8, 4) is 0 Å². The molecule has 1 heterocycles. The molecule has 26 heavy (non-hydrogen) atoms. The summed E-state index contributed by atoms with van der Waals surface area (Å²) in [5, 5.41) is 10.2. The molecule has 5 nitrogen and oxygen atoms in total. The minimum atomic E-state index is -1.18. The molecule has 3 rings (SSSR count). The minimum Gasteiger partial charge on any atom is -0.378 e. The minimum absolute atomic E-state index is 0.0742. The van der Waals surface area contributed by atoms with Crippen LogP contribution in [0.5, 0.6) is 0 Å². The third-order valence-electron chi connectivity index (χ3n) is 4.73. The van der Waals surface area contributed by atoms with E-state index >= 15 is 0 Å². The Balaban J connectivity index is 1.51. The number of rotatable bonds is 5. The van der Waals surface area contributed by atoms with Crippen molar-refractivity contribution in [2.75, 3.05) is 20.1 Å². The van der Waals surface area contributed by atoms with Crippen molar-refractivity contribution in [3.05, 3.63) is 71.5 Å². The van der Waals surface area contributed by atoms with Gasteiger partial charge in [0.05, 0.1) is 12.5 Å². The van der Waals surface area contributed by atoms with Crippen LogP contribution in [-0.2, 0) is 16.0 Å². The van der Waals surface area contributed by atoms with Crippen LogP contribution in [0, 0.1) is 5.82 Å². The van der Waals surface area contributed by atoms with Crippen LogP contribution in [0.3, 0.4) is 0 Å². The fourth-order valence-electron chi connectivity index (χ4n) is 2.94. The third-order valence-corrected chi connectivity index (χ3v) is 4.73. The van der Waals surface area contributed by atoms with Gasteiger partial charge in [0.15, 0.2) is 6.10 Å². The van der Waals surface area contributed by atoms with E-state index in [1.54, 1.807) is 53.2 Å². The molecule has 1 aliphatic heterocycles. The second kappa shape index (κ2) is 7.66. The molecule has 0 radical (unpaired) electrons. The van der Waals surface area contributed by atoms with Gasteiger partial charge in [0.1, 0.15) is 5.82 Å². The Morgan fingerprint density at radius 3 is 2.38 bits per heavy atom. The average molecular weight is 356 g/mol. The van der Waals surface area contributed by atoms with Gasteiger partial charge in [0.2, 0.25) is 5.91 Å². The van der Waals surface area contributed by atoms with Gasteiger partial charge in [-0.3, -0.25) is 9.59 Å². The summed E-state index contributed by atoms with van der Waals surface area (Å²) in [5.41, 5.74) is 1.30. The summed E-state index contributed by atoms with van der Waals surface area (Å²) in [6.07, 6.45) is -0.995. The number of aliphatic hydroxyl groups is 1. The standard InChI is InChI=1S/C20H21FN2O3/c1-22(18(24)11-14-7-9-16(21)10-8-14)17-12-23(13-17)20(26)19(25)15-5-3-2-4-6-15/h2-10,17,19,25H,11-13H2,1H3. The SMILES string of the molecule is CN(C(=O)Cc1ccc(F)cc1)C1CN(C(=O)C(O)c2ccccc2)C1. The number of halogens is 1. The number of hydrogen-bond acceptors (Lipinski definition) is 3. The molecular weight excluding hydrogens is 335 g/mol. The molecule has 0 spiro atoms. The Morgan fingerprint density at radius 2 is 1.77 bits per heavy atom. The molecule has 2 aromatic rings. The van der Waals surface area contributed by atoms with Crippen molar-refractivity contribution in [2.24, 2.45) is 0 Å². The molecule has 1 fully saturated rings. The van der Waals surface area contributed by atoms with Gasteiger partial charge < -0.3 is 14.9 Å². The first kappa shape index (κ1) is 18.1. The number of benzene rings is 2. The van der Waals surface area contributed by atoms with E-state index in [2.05, 4.69) is 0 Å². The zero-order valence-corrected chi connectivity index (χ0v) is 14.5. The second-order valence-electron chi connectivity index (χ2n) is 6.52. The quantitative estimate of drug-likeness (QED) is 0.888. The van der Waals surface area contributed by atoms with Gasteiger partial charge in [-0.05, 0) is 23.3 Å². The van der Waals surface area contributed by atoms with Crippen molar-refractivity contribution in [3.63, 3.8) is 0 Å². The highest BCUT2D eigenvalue weighted by atomic mass is 19.1. The monoisotopic (exact) mass is 356 g/mol. The Hall–Kier alpha value is -2.73. The number of aliphatic hydroxyl groups excluding tert-OH is 1. The average Bonchev–Trinajstić information content (AvgIpc) is 2.62. The van der Waals surface area contributed by atoms with E-state index in [-0.39, 0.29) is 30.1 Å². The smallest absolute Gasteiger partial charge is 0.256 e. The van der Waals surface area contributed by atoms with E-state index in [0.717, 1.165) is 5.56 Å². The predicted octanol–water partition coefficient (Wildman–Crippen LogP) is 1.77. The Kier molecular flexibility index (Phi) is 5.32. The highest BCUT2D eigenvalue weighted by Gasteiger charge is 2.37. The molecule has 1 aliphatic rings. The maximum atomic E-state index is 12.9. The molecule has 0 saturated carbocycles. The van der Waals surface area contributed by atoms with Crippen molar-refractivity contribution in [1.82, 2.24) is 9.80 Å². The molecule has 0 aromatic heterocycles. The Morgan fingerprint density at radius 1 is 1.15 bits per heavy atom. The van der Waals surface area contributed by atoms with Crippen LogP contribution in [0.25, 0.3) is 0 Å². The van der Waals surface area contributed by atoms with Crippen LogP contribution in [0.15, 0.2) is 54.6 Å². The molecule has 6 heteroatoms. The topological polar surface area (TPSA) is 60.9 Å². The van der Waals surface area contributed by atoms with Crippen molar-refractivity contribution < 1.29 is 19.1 Å². The third kappa shape index (κ3) is 3.91. The molecule has 1 saturated heterocycles. The lowest BCUT2D eigenvalue weighted by atomic mass is 10.0. The molecule has 2 aromatic carbocycles. The Bertz CT molecular complexity index is 773. The molecular formula is C20H21FN2O3. The van der Waals surface area contributed by atoms with Crippen molar-refractivity contribution in [1.29, 1.82) is 0 Å². The number of carbonyl (C=O) groups is 2. The molecule has 1 atom stereocenters. The largest absolute Gasteiger partial charge is 0.378 e. The van der Waals surface area contributed by atoms with Gasteiger partial charge in [0.25, 0.3) is 5.91 Å². The van der Waals surface area contributed by atoms with E-state index in [4.69, 9.17) is 0 Å². The molecule has 0 bridgehead atoms. The molecule has 1 N–H and O–H groups in total.